The van der Waals surface area contributed by atoms with Gasteiger partial charge in [-0.2, -0.15) is 0 Å². The zero-order chi connectivity index (χ0) is 12.5. The first kappa shape index (κ1) is 12.8. The second kappa shape index (κ2) is 4.94. The average Bonchev–Trinajstić information content (AvgIpc) is 2.27. The molecule has 2 saturated heterocycles. The minimum atomic E-state index is -2.78. The summed E-state index contributed by atoms with van der Waals surface area (Å²) in [6.45, 7) is 0.738. The van der Waals surface area contributed by atoms with E-state index in [9.17, 15) is 13.2 Å². The van der Waals surface area contributed by atoms with Crippen molar-refractivity contribution >= 4 is 15.7 Å². The van der Waals surface area contributed by atoms with Crippen LogP contribution in [0.15, 0.2) is 0 Å². The first-order valence-electron chi connectivity index (χ1n) is 6.17. The van der Waals surface area contributed by atoms with Crippen molar-refractivity contribution in [1.82, 2.24) is 10.2 Å². The molecular weight excluding hydrogens is 240 g/mol. The number of carbonyl (C=O) groups excluding carboxylic acids is 1. The van der Waals surface area contributed by atoms with E-state index in [0.29, 0.717) is 42.9 Å². The molecule has 0 aromatic heterocycles. The number of likely N-dealkylation sites (N-methyl/N-ethyl adjacent to an activating group) is 1. The summed E-state index contributed by atoms with van der Waals surface area (Å²) in [4.78, 5) is 13.1. The Bertz CT molecular complexity index is 380. The van der Waals surface area contributed by atoms with Crippen LogP contribution < -0.4 is 5.32 Å². The third kappa shape index (κ3) is 3.42. The van der Waals surface area contributed by atoms with E-state index in [1.54, 1.807) is 4.90 Å². The fraction of sp³-hybridized carbons (Fsp3) is 0.909. The first-order chi connectivity index (χ1) is 7.96. The van der Waals surface area contributed by atoms with Gasteiger partial charge in [-0.3, -0.25) is 4.79 Å². The second-order valence-corrected chi connectivity index (χ2v) is 7.41. The first-order valence-corrected chi connectivity index (χ1v) is 7.99. The number of carbonyl (C=O) groups is 1. The van der Waals surface area contributed by atoms with Crippen LogP contribution in [0.3, 0.4) is 0 Å². The molecule has 0 aromatic carbocycles. The Kier molecular flexibility index (Phi) is 3.73. The number of nitrogens with zero attached hydrogens (tertiary/aromatic N) is 1. The number of amides is 1. The van der Waals surface area contributed by atoms with Crippen molar-refractivity contribution in [2.45, 2.75) is 37.8 Å². The molecule has 2 fully saturated rings. The molecular formula is C11H20N2O3S. The third-order valence-electron chi connectivity index (χ3n) is 3.65. The topological polar surface area (TPSA) is 66.5 Å². The van der Waals surface area contributed by atoms with Gasteiger partial charge in [0.25, 0.3) is 0 Å². The minimum Gasteiger partial charge on any atom is -0.344 e. The molecule has 0 spiro atoms. The van der Waals surface area contributed by atoms with E-state index in [0.717, 1.165) is 13.0 Å². The van der Waals surface area contributed by atoms with Gasteiger partial charge in [-0.1, -0.05) is 0 Å². The van der Waals surface area contributed by atoms with E-state index in [4.69, 9.17) is 0 Å². The van der Waals surface area contributed by atoms with Crippen molar-refractivity contribution < 1.29 is 13.2 Å². The van der Waals surface area contributed by atoms with Gasteiger partial charge in [0.2, 0.25) is 5.91 Å². The van der Waals surface area contributed by atoms with Crippen molar-refractivity contribution in [2.24, 2.45) is 0 Å². The van der Waals surface area contributed by atoms with Gasteiger partial charge in [0.15, 0.2) is 0 Å². The summed E-state index contributed by atoms with van der Waals surface area (Å²) in [6.07, 6.45) is 2.87. The Morgan fingerprint density at radius 1 is 1.18 bits per heavy atom. The molecule has 1 unspecified atom stereocenters. The lowest BCUT2D eigenvalue weighted by atomic mass is 10.0. The summed E-state index contributed by atoms with van der Waals surface area (Å²) < 4.78 is 22.6. The zero-order valence-corrected chi connectivity index (χ0v) is 11.0. The van der Waals surface area contributed by atoms with Crippen LogP contribution in [0.1, 0.15) is 25.7 Å². The summed E-state index contributed by atoms with van der Waals surface area (Å²) in [5, 5.41) is 3.49. The van der Waals surface area contributed by atoms with Crippen molar-refractivity contribution in [1.29, 1.82) is 0 Å². The predicted molar refractivity (Wildman–Crippen MR) is 65.5 cm³/mol. The molecule has 0 aromatic rings. The van der Waals surface area contributed by atoms with Crippen LogP contribution in [0.5, 0.6) is 0 Å². The predicted octanol–water partition coefficient (Wildman–Crippen LogP) is -0.226. The number of rotatable bonds is 2. The molecule has 17 heavy (non-hydrogen) atoms. The van der Waals surface area contributed by atoms with Gasteiger partial charge in [0.05, 0.1) is 11.5 Å². The lowest BCUT2D eigenvalue weighted by molar-refractivity contribution is -0.132. The van der Waals surface area contributed by atoms with Gasteiger partial charge in [0.1, 0.15) is 9.84 Å². The van der Waals surface area contributed by atoms with Crippen LogP contribution in [0.25, 0.3) is 0 Å². The van der Waals surface area contributed by atoms with Crippen LogP contribution in [-0.2, 0) is 14.6 Å². The second-order valence-electron chi connectivity index (χ2n) is 5.10. The molecule has 98 valence electrons. The Labute approximate surface area is 102 Å². The van der Waals surface area contributed by atoms with E-state index < -0.39 is 9.84 Å². The molecule has 0 aliphatic carbocycles. The maximum Gasteiger partial charge on any atom is 0.222 e. The standard InChI is InChI=1S/C11H20N2O3S/c1-13-8-10(2-3-11(13)14)12-9-4-6-17(15,16)7-5-9/h9-10,12H,2-8H2,1H3. The molecule has 2 aliphatic rings. The number of hydrogen-bond donors (Lipinski definition) is 1. The van der Waals surface area contributed by atoms with Gasteiger partial charge in [-0.15, -0.1) is 0 Å². The van der Waals surface area contributed by atoms with Crippen molar-refractivity contribution in [3.63, 3.8) is 0 Å². The summed E-state index contributed by atoms with van der Waals surface area (Å²) in [5.41, 5.74) is 0. The van der Waals surface area contributed by atoms with Crippen LogP contribution in [-0.4, -0.2) is 56.4 Å². The van der Waals surface area contributed by atoms with Crippen LogP contribution in [0.2, 0.25) is 0 Å². The molecule has 2 heterocycles. The highest BCUT2D eigenvalue weighted by molar-refractivity contribution is 7.91. The van der Waals surface area contributed by atoms with Crippen molar-refractivity contribution in [3.05, 3.63) is 0 Å². The van der Waals surface area contributed by atoms with Gasteiger partial charge in [0, 0.05) is 32.1 Å². The lowest BCUT2D eigenvalue weighted by Crippen LogP contribution is -2.51. The van der Waals surface area contributed by atoms with Crippen LogP contribution >= 0.6 is 0 Å². The average molecular weight is 260 g/mol. The number of sulfone groups is 1. The van der Waals surface area contributed by atoms with Crippen molar-refractivity contribution in [3.8, 4) is 0 Å². The highest BCUT2D eigenvalue weighted by Crippen LogP contribution is 2.16. The van der Waals surface area contributed by atoms with Gasteiger partial charge >= 0.3 is 0 Å². The van der Waals surface area contributed by atoms with E-state index >= 15 is 0 Å². The number of likely N-dealkylation sites (tertiary alicyclic amines) is 1. The van der Waals surface area contributed by atoms with Crippen LogP contribution in [0, 0.1) is 0 Å². The van der Waals surface area contributed by atoms with E-state index in [1.165, 1.54) is 0 Å². The highest BCUT2D eigenvalue weighted by atomic mass is 32.2. The Morgan fingerprint density at radius 3 is 2.41 bits per heavy atom. The van der Waals surface area contributed by atoms with Gasteiger partial charge < -0.3 is 10.2 Å². The van der Waals surface area contributed by atoms with Gasteiger partial charge in [-0.05, 0) is 19.3 Å². The summed E-state index contributed by atoms with van der Waals surface area (Å²) in [7, 11) is -0.960. The fourth-order valence-corrected chi connectivity index (χ4v) is 4.03. The van der Waals surface area contributed by atoms with E-state index in [-0.39, 0.29) is 5.91 Å². The number of nitrogens with one attached hydrogen (secondary N) is 1. The quantitative estimate of drug-likeness (QED) is 0.745. The molecule has 1 atom stereocenters. The minimum absolute atomic E-state index is 0.203. The lowest BCUT2D eigenvalue weighted by Gasteiger charge is -2.34. The zero-order valence-electron chi connectivity index (χ0n) is 10.2. The molecule has 2 aliphatic heterocycles. The smallest absolute Gasteiger partial charge is 0.222 e. The summed E-state index contributed by atoms with van der Waals surface area (Å²) >= 11 is 0. The van der Waals surface area contributed by atoms with E-state index in [2.05, 4.69) is 5.32 Å². The molecule has 1 N–H and O–H groups in total. The Balaban J connectivity index is 1.80. The summed E-state index contributed by atoms with van der Waals surface area (Å²) in [6, 6.07) is 0.619. The third-order valence-corrected chi connectivity index (χ3v) is 5.37. The van der Waals surface area contributed by atoms with Gasteiger partial charge in [-0.25, -0.2) is 8.42 Å². The maximum absolute atomic E-state index is 11.3. The molecule has 5 nitrogen and oxygen atoms in total. The maximum atomic E-state index is 11.3. The molecule has 1 amide bonds. The number of hydrogen-bond acceptors (Lipinski definition) is 4. The fourth-order valence-electron chi connectivity index (χ4n) is 2.54. The monoisotopic (exact) mass is 260 g/mol. The molecule has 2 rings (SSSR count). The molecule has 6 heteroatoms. The Hall–Kier alpha value is -0.620. The molecule has 0 radical (unpaired) electrons. The largest absolute Gasteiger partial charge is 0.344 e. The Morgan fingerprint density at radius 2 is 1.82 bits per heavy atom. The highest BCUT2D eigenvalue weighted by Gasteiger charge is 2.28. The summed E-state index contributed by atoms with van der Waals surface area (Å²) in [5.74, 6) is 0.799. The SMILES string of the molecule is CN1CC(NC2CCS(=O)(=O)CC2)CCC1=O. The van der Waals surface area contributed by atoms with E-state index in [1.807, 2.05) is 7.05 Å². The molecule has 0 saturated carbocycles. The van der Waals surface area contributed by atoms with Crippen LogP contribution in [0.4, 0.5) is 0 Å². The normalized spacial score (nSPS) is 30.5. The van der Waals surface area contributed by atoms with Crippen molar-refractivity contribution in [2.75, 3.05) is 25.1 Å². The molecule has 0 bridgehead atoms. The number of piperidine rings is 1.